The Labute approximate surface area is 125 Å². The van der Waals surface area contributed by atoms with E-state index in [1.807, 2.05) is 13.8 Å². The average Bonchev–Trinajstić information content (AvgIpc) is 2.94. The molecule has 0 amide bonds. The molecule has 0 spiro atoms. The van der Waals surface area contributed by atoms with Gasteiger partial charge in [0.1, 0.15) is 6.10 Å². The first-order valence-electron chi connectivity index (χ1n) is 7.75. The van der Waals surface area contributed by atoms with Crippen LogP contribution in [0.25, 0.3) is 10.9 Å². The summed E-state index contributed by atoms with van der Waals surface area (Å²) >= 11 is 0. The highest BCUT2D eigenvalue weighted by Gasteiger charge is 2.24. The topological polar surface area (TPSA) is 57.6 Å². The highest BCUT2D eigenvalue weighted by molar-refractivity contribution is 5.88. The minimum Gasteiger partial charge on any atom is -0.411 e. The number of H-pyrrole nitrogens is 1. The molecule has 1 aromatic heterocycles. The lowest BCUT2D eigenvalue weighted by atomic mass is 10.00. The van der Waals surface area contributed by atoms with Crippen molar-refractivity contribution >= 4 is 17.1 Å². The van der Waals surface area contributed by atoms with Crippen LogP contribution in [0.1, 0.15) is 50.1 Å². The van der Waals surface area contributed by atoms with Crippen LogP contribution in [0.2, 0.25) is 0 Å². The van der Waals surface area contributed by atoms with Crippen molar-refractivity contribution in [3.8, 4) is 0 Å². The van der Waals surface area contributed by atoms with Gasteiger partial charge in [0.25, 0.3) is 0 Å². The number of para-hydroxylation sites is 1. The largest absolute Gasteiger partial charge is 0.411 e. The fourth-order valence-electron chi connectivity index (χ4n) is 2.91. The highest BCUT2D eigenvalue weighted by Crippen LogP contribution is 2.35. The Kier molecular flexibility index (Phi) is 5.39. The molecule has 2 heterocycles. The first-order valence-corrected chi connectivity index (χ1v) is 7.75. The van der Waals surface area contributed by atoms with Gasteiger partial charge in [-0.25, -0.2) is 0 Å². The summed E-state index contributed by atoms with van der Waals surface area (Å²) in [6, 6.07) is 6.45. The first-order chi connectivity index (χ1) is 10.3. The maximum atomic E-state index is 8.57. The van der Waals surface area contributed by atoms with Gasteiger partial charge in [-0.1, -0.05) is 39.0 Å². The lowest BCUT2D eigenvalue weighted by molar-refractivity contribution is 0.0455. The monoisotopic (exact) mass is 288 g/mol. The number of nitrogens with zero attached hydrogens (tertiary/aromatic N) is 1. The van der Waals surface area contributed by atoms with Crippen LogP contribution in [0.15, 0.2) is 23.4 Å². The molecule has 21 heavy (non-hydrogen) atoms. The Balaban J connectivity index is 0.000000774. The fraction of sp³-hybridized carbons (Fsp3) is 0.471. The second-order valence-electron chi connectivity index (χ2n) is 4.85. The fourth-order valence-corrected chi connectivity index (χ4v) is 2.91. The molecule has 2 N–H and O–H groups in total. The Morgan fingerprint density at radius 3 is 2.95 bits per heavy atom. The predicted molar refractivity (Wildman–Crippen MR) is 86.3 cm³/mol. The van der Waals surface area contributed by atoms with Crippen molar-refractivity contribution in [3.05, 3.63) is 35.0 Å². The van der Waals surface area contributed by atoms with Gasteiger partial charge < -0.3 is 14.9 Å². The summed E-state index contributed by atoms with van der Waals surface area (Å²) in [7, 11) is 0. The molecule has 0 bridgehead atoms. The van der Waals surface area contributed by atoms with E-state index >= 15 is 0 Å². The van der Waals surface area contributed by atoms with Crippen molar-refractivity contribution in [3.63, 3.8) is 0 Å². The van der Waals surface area contributed by atoms with Crippen LogP contribution in [0.3, 0.4) is 0 Å². The van der Waals surface area contributed by atoms with Gasteiger partial charge in [0.15, 0.2) is 0 Å². The van der Waals surface area contributed by atoms with Crippen molar-refractivity contribution in [1.29, 1.82) is 0 Å². The Morgan fingerprint density at radius 1 is 1.43 bits per heavy atom. The van der Waals surface area contributed by atoms with E-state index < -0.39 is 0 Å². The van der Waals surface area contributed by atoms with E-state index in [1.54, 1.807) is 0 Å². The number of nitrogens with one attached hydrogen (secondary N) is 1. The van der Waals surface area contributed by atoms with Crippen LogP contribution < -0.4 is 0 Å². The third kappa shape index (κ3) is 2.95. The highest BCUT2D eigenvalue weighted by atomic mass is 16.5. The maximum absolute atomic E-state index is 8.57. The molecule has 0 radical (unpaired) electrons. The molecule has 0 saturated carbocycles. The molecule has 1 aliphatic rings. The van der Waals surface area contributed by atoms with E-state index in [0.717, 1.165) is 25.1 Å². The van der Waals surface area contributed by atoms with Gasteiger partial charge in [-0.15, -0.1) is 5.16 Å². The number of hydrogen-bond donors (Lipinski definition) is 2. The molecule has 0 fully saturated rings. The zero-order valence-electron chi connectivity index (χ0n) is 13.0. The number of fused-ring (bicyclic) bond motifs is 3. The number of aryl methyl sites for hydroxylation is 1. The summed E-state index contributed by atoms with van der Waals surface area (Å²) in [6.45, 7) is 6.89. The van der Waals surface area contributed by atoms with Crippen LogP contribution >= 0.6 is 0 Å². The molecule has 114 valence electrons. The number of aromatic amines is 1. The SMILES string of the molecule is CC.CCc1cccc2c3c([nH]c12)[C@@H](C/C=N/O)OCC3. The van der Waals surface area contributed by atoms with Crippen molar-refractivity contribution in [2.45, 2.75) is 46.1 Å². The lowest BCUT2D eigenvalue weighted by Gasteiger charge is -2.21. The van der Waals surface area contributed by atoms with Gasteiger partial charge >= 0.3 is 0 Å². The molecule has 0 aliphatic carbocycles. The van der Waals surface area contributed by atoms with Crippen LogP contribution in [-0.2, 0) is 17.6 Å². The van der Waals surface area contributed by atoms with Crippen molar-refractivity contribution in [2.24, 2.45) is 5.16 Å². The van der Waals surface area contributed by atoms with Crippen molar-refractivity contribution in [2.75, 3.05) is 6.61 Å². The molecule has 1 atom stereocenters. The van der Waals surface area contributed by atoms with Gasteiger partial charge in [-0.2, -0.15) is 0 Å². The van der Waals surface area contributed by atoms with Gasteiger partial charge in [-0.05, 0) is 24.0 Å². The quantitative estimate of drug-likeness (QED) is 0.504. The minimum absolute atomic E-state index is 0.0308. The summed E-state index contributed by atoms with van der Waals surface area (Å²) in [5.74, 6) is 0. The van der Waals surface area contributed by atoms with E-state index in [-0.39, 0.29) is 6.10 Å². The molecule has 0 saturated heterocycles. The van der Waals surface area contributed by atoms with Gasteiger partial charge in [0.2, 0.25) is 0 Å². The molecule has 4 heteroatoms. The standard InChI is InChI=1S/C15H18N2O2.C2H6/c1-2-10-4-3-5-11-12-7-9-19-13(6-8-16-18)15(12)17-14(10)11;1-2/h3-5,8,13,17-18H,2,6-7,9H2,1H3;1-2H3/b16-8+;/t13-;/m1./s1. The predicted octanol–water partition coefficient (Wildman–Crippen LogP) is 4.22. The molecule has 1 aliphatic heterocycles. The smallest absolute Gasteiger partial charge is 0.103 e. The Morgan fingerprint density at radius 2 is 2.24 bits per heavy atom. The molecular formula is C17H24N2O2. The molecule has 4 nitrogen and oxygen atoms in total. The van der Waals surface area contributed by atoms with Crippen LogP contribution in [0.5, 0.6) is 0 Å². The minimum atomic E-state index is -0.0308. The summed E-state index contributed by atoms with van der Waals surface area (Å²) in [4.78, 5) is 3.53. The molecule has 1 aromatic carbocycles. The normalized spacial score (nSPS) is 17.6. The number of benzene rings is 1. The Bertz CT molecular complexity index is 617. The van der Waals surface area contributed by atoms with E-state index in [9.17, 15) is 0 Å². The lowest BCUT2D eigenvalue weighted by Crippen LogP contribution is -2.16. The van der Waals surface area contributed by atoms with E-state index in [0.29, 0.717) is 6.42 Å². The third-order valence-corrected chi connectivity index (χ3v) is 3.84. The molecule has 2 aromatic rings. The summed E-state index contributed by atoms with van der Waals surface area (Å²) in [6.07, 6.45) is 4.01. The van der Waals surface area contributed by atoms with Gasteiger partial charge in [0, 0.05) is 29.2 Å². The zero-order chi connectivity index (χ0) is 15.2. The van der Waals surface area contributed by atoms with Crippen molar-refractivity contribution in [1.82, 2.24) is 4.98 Å². The second kappa shape index (κ2) is 7.27. The molecular weight excluding hydrogens is 264 g/mol. The van der Waals surface area contributed by atoms with Crippen LogP contribution in [-0.4, -0.2) is 23.0 Å². The first kappa shape index (κ1) is 15.6. The van der Waals surface area contributed by atoms with Crippen LogP contribution in [0, 0.1) is 0 Å². The second-order valence-corrected chi connectivity index (χ2v) is 4.85. The number of aromatic nitrogens is 1. The van der Waals surface area contributed by atoms with E-state index in [4.69, 9.17) is 9.94 Å². The molecule has 0 unspecified atom stereocenters. The summed E-state index contributed by atoms with van der Waals surface area (Å²) in [5.41, 5.74) is 5.06. The number of rotatable bonds is 3. The number of ether oxygens (including phenoxy) is 1. The van der Waals surface area contributed by atoms with Gasteiger partial charge in [-0.3, -0.25) is 0 Å². The summed E-state index contributed by atoms with van der Waals surface area (Å²) < 4.78 is 5.78. The van der Waals surface area contributed by atoms with E-state index in [1.165, 1.54) is 28.2 Å². The molecule has 3 rings (SSSR count). The van der Waals surface area contributed by atoms with E-state index in [2.05, 4.69) is 35.3 Å². The zero-order valence-corrected chi connectivity index (χ0v) is 13.0. The van der Waals surface area contributed by atoms with Crippen molar-refractivity contribution < 1.29 is 9.94 Å². The summed E-state index contributed by atoms with van der Waals surface area (Å²) in [5, 5.41) is 13.0. The number of hydrogen-bond acceptors (Lipinski definition) is 3. The number of oxime groups is 1. The maximum Gasteiger partial charge on any atom is 0.103 e. The third-order valence-electron chi connectivity index (χ3n) is 3.84. The Hall–Kier alpha value is -1.81. The van der Waals surface area contributed by atoms with Gasteiger partial charge in [0.05, 0.1) is 6.61 Å². The van der Waals surface area contributed by atoms with Crippen LogP contribution in [0.4, 0.5) is 0 Å². The average molecular weight is 288 g/mol.